The van der Waals surface area contributed by atoms with Gasteiger partial charge in [0.25, 0.3) is 6.29 Å². The molecule has 176 valence electrons. The molecule has 11 nitrogen and oxygen atoms in total. The lowest BCUT2D eigenvalue weighted by atomic mass is 9.71. The fourth-order valence-electron chi connectivity index (χ4n) is 4.90. The molecule has 14 heteroatoms. The van der Waals surface area contributed by atoms with E-state index >= 15 is 0 Å². The van der Waals surface area contributed by atoms with Gasteiger partial charge in [-0.3, -0.25) is 18.9 Å². The number of rotatable bonds is 8. The van der Waals surface area contributed by atoms with Crippen LogP contribution in [0.2, 0.25) is 0 Å². The van der Waals surface area contributed by atoms with Crippen molar-refractivity contribution in [3.8, 4) is 0 Å². The molecular formula is C17H22F2O11S. The summed E-state index contributed by atoms with van der Waals surface area (Å²) in [6.07, 6.45) is -5.98. The van der Waals surface area contributed by atoms with Crippen molar-refractivity contribution in [1.29, 1.82) is 0 Å². The monoisotopic (exact) mass is 472 g/mol. The van der Waals surface area contributed by atoms with E-state index < -0.39 is 82.1 Å². The minimum Gasteiger partial charge on any atom is -0.458 e. The Morgan fingerprint density at radius 3 is 2.35 bits per heavy atom. The molecule has 3 aliphatic rings. The summed E-state index contributed by atoms with van der Waals surface area (Å²) < 4.78 is 70.2. The van der Waals surface area contributed by atoms with E-state index in [9.17, 15) is 36.7 Å². The first-order valence-corrected chi connectivity index (χ1v) is 10.8. The molecule has 3 N–H and O–H groups in total. The number of ether oxygens (including phenoxy) is 3. The smallest absolute Gasteiger partial charge is 0.430 e. The van der Waals surface area contributed by atoms with Crippen LogP contribution in [0, 0.1) is 23.7 Å². The van der Waals surface area contributed by atoms with Crippen LogP contribution < -0.4 is 0 Å². The van der Waals surface area contributed by atoms with Crippen LogP contribution >= 0.6 is 0 Å². The van der Waals surface area contributed by atoms with Crippen LogP contribution in [0.5, 0.6) is 0 Å². The normalized spacial score (nSPS) is 33.2. The molecule has 2 aliphatic carbocycles. The van der Waals surface area contributed by atoms with Crippen molar-refractivity contribution < 1.29 is 60.6 Å². The summed E-state index contributed by atoms with van der Waals surface area (Å²) in [5.74, 6) is -4.51. The van der Waals surface area contributed by atoms with Crippen molar-refractivity contribution in [1.82, 2.24) is 0 Å². The molecule has 7 atom stereocenters. The van der Waals surface area contributed by atoms with Crippen molar-refractivity contribution in [2.24, 2.45) is 23.7 Å². The molecule has 1 aliphatic heterocycles. The maximum absolute atomic E-state index is 13.2. The lowest BCUT2D eigenvalue weighted by molar-refractivity contribution is -0.205. The predicted octanol–water partition coefficient (Wildman–Crippen LogP) is -0.401. The van der Waals surface area contributed by atoms with Gasteiger partial charge in [-0.25, -0.2) is 0 Å². The molecule has 0 spiro atoms. The Balaban J connectivity index is 1.56. The molecule has 3 fully saturated rings. The molecule has 3 rings (SSSR count). The van der Waals surface area contributed by atoms with Crippen LogP contribution in [-0.2, 0) is 38.7 Å². The first-order valence-electron chi connectivity index (χ1n) is 9.40. The number of hydrogen-bond donors (Lipinski definition) is 3. The van der Waals surface area contributed by atoms with Gasteiger partial charge in [-0.2, -0.15) is 17.2 Å². The Kier molecular flexibility index (Phi) is 5.83. The van der Waals surface area contributed by atoms with Crippen molar-refractivity contribution >= 4 is 28.0 Å². The second-order valence-electron chi connectivity index (χ2n) is 8.50. The van der Waals surface area contributed by atoms with Gasteiger partial charge in [-0.1, -0.05) is 0 Å². The van der Waals surface area contributed by atoms with Crippen LogP contribution in [-0.4, -0.2) is 70.4 Å². The molecule has 0 aromatic heterocycles. The van der Waals surface area contributed by atoms with Gasteiger partial charge in [0, 0.05) is 17.8 Å². The topological polar surface area (TPSA) is 174 Å². The van der Waals surface area contributed by atoms with Gasteiger partial charge in [-0.05, 0) is 20.3 Å². The van der Waals surface area contributed by atoms with E-state index in [1.54, 1.807) is 13.8 Å². The highest BCUT2D eigenvalue weighted by atomic mass is 32.2. The summed E-state index contributed by atoms with van der Waals surface area (Å²) >= 11 is 0. The molecule has 2 bridgehead atoms. The zero-order chi connectivity index (χ0) is 23.5. The van der Waals surface area contributed by atoms with Crippen molar-refractivity contribution in [2.75, 3.05) is 0 Å². The Bertz CT molecular complexity index is 881. The first-order chi connectivity index (χ1) is 14.1. The number of carbonyl (C=O) groups is 3. The van der Waals surface area contributed by atoms with Crippen LogP contribution in [0.4, 0.5) is 8.78 Å². The standard InChI is InChI=1S/C17H22F2O11S/c1-16(2,24)11-7-5-6-10(11)14(22)30-12(6)13(7)28-8(20)3-4-9(21)29-15(23)17(18,19)31(25,26)27/h6-7,10-13,15,23-24H,3-5H2,1-2H3,(H,25,26,27). The van der Waals surface area contributed by atoms with E-state index in [0.29, 0.717) is 6.42 Å². The quantitative estimate of drug-likeness (QED) is 0.181. The molecule has 0 aromatic rings. The molecular weight excluding hydrogens is 450 g/mol. The number of hydrogen-bond acceptors (Lipinski definition) is 10. The third-order valence-corrected chi connectivity index (χ3v) is 6.93. The highest BCUT2D eigenvalue weighted by Gasteiger charge is 2.70. The lowest BCUT2D eigenvalue weighted by Crippen LogP contribution is -2.48. The van der Waals surface area contributed by atoms with E-state index in [-0.39, 0.29) is 11.8 Å². The van der Waals surface area contributed by atoms with Gasteiger partial charge in [0.15, 0.2) is 0 Å². The van der Waals surface area contributed by atoms with Crippen molar-refractivity contribution in [3.05, 3.63) is 0 Å². The van der Waals surface area contributed by atoms with E-state index in [2.05, 4.69) is 4.74 Å². The summed E-state index contributed by atoms with van der Waals surface area (Å²) in [7, 11) is -6.04. The zero-order valence-electron chi connectivity index (χ0n) is 16.4. The summed E-state index contributed by atoms with van der Waals surface area (Å²) in [4.78, 5) is 35.9. The largest absolute Gasteiger partial charge is 0.458 e. The number of esters is 3. The van der Waals surface area contributed by atoms with Crippen LogP contribution in [0.15, 0.2) is 0 Å². The van der Waals surface area contributed by atoms with E-state index in [1.807, 2.05) is 0 Å². The van der Waals surface area contributed by atoms with Gasteiger partial charge < -0.3 is 24.4 Å². The molecule has 2 saturated carbocycles. The number of halogens is 2. The van der Waals surface area contributed by atoms with E-state index in [1.165, 1.54) is 0 Å². The zero-order valence-corrected chi connectivity index (χ0v) is 17.3. The first kappa shape index (κ1) is 23.8. The average Bonchev–Trinajstić information content (AvgIpc) is 3.21. The van der Waals surface area contributed by atoms with Crippen molar-refractivity contribution in [3.63, 3.8) is 0 Å². The SMILES string of the molecule is CC(C)(O)C1C2CC3C(OC(=O)C31)C2OC(=O)CCC(=O)OC(O)C(F)(F)S(=O)(=O)O. The Morgan fingerprint density at radius 2 is 1.81 bits per heavy atom. The fraction of sp³-hybridized carbons (Fsp3) is 0.824. The highest BCUT2D eigenvalue weighted by molar-refractivity contribution is 7.86. The Hall–Kier alpha value is -1.90. The number of carbonyl (C=O) groups excluding carboxylic acids is 3. The highest BCUT2D eigenvalue weighted by Crippen LogP contribution is 2.61. The molecule has 1 heterocycles. The molecule has 31 heavy (non-hydrogen) atoms. The Morgan fingerprint density at radius 1 is 1.23 bits per heavy atom. The van der Waals surface area contributed by atoms with Gasteiger partial charge in [0.2, 0.25) is 0 Å². The number of fused-ring (bicyclic) bond motifs is 1. The third kappa shape index (κ3) is 4.13. The average molecular weight is 472 g/mol. The molecule has 0 amide bonds. The minimum absolute atomic E-state index is 0.213. The lowest BCUT2D eigenvalue weighted by Gasteiger charge is -2.38. The molecule has 0 aromatic carbocycles. The van der Waals surface area contributed by atoms with Gasteiger partial charge in [0.05, 0.1) is 24.4 Å². The molecule has 0 radical (unpaired) electrons. The summed E-state index contributed by atoms with van der Waals surface area (Å²) in [5, 5.41) is 14.3. The van der Waals surface area contributed by atoms with Gasteiger partial charge in [0.1, 0.15) is 12.2 Å². The van der Waals surface area contributed by atoms with Crippen LogP contribution in [0.1, 0.15) is 33.1 Å². The van der Waals surface area contributed by atoms with Crippen molar-refractivity contribution in [2.45, 2.75) is 62.5 Å². The Labute approximate surface area is 175 Å². The fourth-order valence-corrected chi connectivity index (χ4v) is 5.21. The maximum Gasteiger partial charge on any atom is 0.430 e. The van der Waals surface area contributed by atoms with Gasteiger partial charge >= 0.3 is 33.3 Å². The van der Waals surface area contributed by atoms with Gasteiger partial charge in [-0.15, -0.1) is 0 Å². The number of aliphatic hydroxyl groups excluding tert-OH is 1. The number of alkyl halides is 2. The molecule has 1 saturated heterocycles. The minimum atomic E-state index is -6.04. The second-order valence-corrected chi connectivity index (χ2v) is 10.00. The van der Waals surface area contributed by atoms with E-state index in [4.69, 9.17) is 19.1 Å². The van der Waals surface area contributed by atoms with Crippen LogP contribution in [0.3, 0.4) is 0 Å². The summed E-state index contributed by atoms with van der Waals surface area (Å²) in [6, 6.07) is 0. The predicted molar refractivity (Wildman–Crippen MR) is 92.5 cm³/mol. The summed E-state index contributed by atoms with van der Waals surface area (Å²) in [5.41, 5.74) is -1.23. The van der Waals surface area contributed by atoms with E-state index in [0.717, 1.165) is 0 Å². The second kappa shape index (κ2) is 7.60. The summed E-state index contributed by atoms with van der Waals surface area (Å²) in [6.45, 7) is 3.09. The third-order valence-electron chi connectivity index (χ3n) is 6.04. The number of aliphatic hydroxyl groups is 2. The maximum atomic E-state index is 13.2. The molecule has 7 unspecified atom stereocenters. The van der Waals surface area contributed by atoms with Crippen LogP contribution in [0.25, 0.3) is 0 Å².